The number of hydrogen-bond acceptors (Lipinski definition) is 3. The molecular weight excluding hydrogens is 189 g/mol. The van der Waals surface area contributed by atoms with Crippen LogP contribution >= 0.6 is 11.6 Å². The third-order valence-corrected chi connectivity index (χ3v) is 1.34. The van der Waals surface area contributed by atoms with Crippen LogP contribution in [0.15, 0.2) is 18.3 Å². The van der Waals surface area contributed by atoms with Crippen LogP contribution in [0.5, 0.6) is 0 Å². The normalized spacial score (nSPS) is 8.75. The van der Waals surface area contributed by atoms with Gasteiger partial charge in [-0.25, -0.2) is 0 Å². The zero-order valence-electron chi connectivity index (χ0n) is 6.58. The topological polar surface area (TPSA) is 53.0 Å². The number of rotatable bonds is 2. The molecule has 0 saturated heterocycles. The molecule has 12 heavy (non-hydrogen) atoms. The van der Waals surface area contributed by atoms with Crippen LogP contribution in [0.4, 0.5) is 0 Å². The molecule has 0 aromatic carbocycles. The second-order valence-corrected chi connectivity index (χ2v) is 2.45. The van der Waals surface area contributed by atoms with E-state index < -0.39 is 5.97 Å². The van der Waals surface area contributed by atoms with Gasteiger partial charge >= 0.3 is 29.6 Å². The smallest absolute Gasteiger partial charge is 0.550 e. The van der Waals surface area contributed by atoms with Crippen molar-refractivity contribution in [3.63, 3.8) is 0 Å². The molecule has 0 unspecified atom stereocenters. The third kappa shape index (κ3) is 4.07. The summed E-state index contributed by atoms with van der Waals surface area (Å²) in [7, 11) is 0. The van der Waals surface area contributed by atoms with Crippen molar-refractivity contribution in [2.24, 2.45) is 0 Å². The molecule has 3 nitrogen and oxygen atoms in total. The Labute approximate surface area is 97.1 Å². The summed E-state index contributed by atoms with van der Waals surface area (Å²) in [5.41, 5.74) is 0.453. The molecule has 1 heterocycles. The monoisotopic (exact) mass is 193 g/mol. The number of aliphatic carboxylic acids is 1. The molecule has 1 aromatic heterocycles. The Bertz CT molecular complexity index is 263. The van der Waals surface area contributed by atoms with E-state index in [1.54, 1.807) is 12.1 Å². The number of aromatic nitrogens is 1. The summed E-state index contributed by atoms with van der Waals surface area (Å²) in [6.07, 6.45) is 1.23. The van der Waals surface area contributed by atoms with E-state index in [0.29, 0.717) is 10.7 Å². The molecule has 0 atom stereocenters. The summed E-state index contributed by atoms with van der Waals surface area (Å²) in [6, 6.07) is 3.14. The summed E-state index contributed by atoms with van der Waals surface area (Å²) >= 11 is 5.52. The SMILES string of the molecule is O=C([O-])Cc1ccc(Cl)cn1.[Na+]. The zero-order valence-corrected chi connectivity index (χ0v) is 9.34. The number of hydrogen-bond donors (Lipinski definition) is 0. The van der Waals surface area contributed by atoms with Gasteiger partial charge in [0.1, 0.15) is 0 Å². The largest absolute Gasteiger partial charge is 1.00 e. The fraction of sp³-hybridized carbons (Fsp3) is 0.143. The molecule has 0 bridgehead atoms. The molecule has 0 radical (unpaired) electrons. The van der Waals surface area contributed by atoms with Crippen molar-refractivity contribution in [3.8, 4) is 0 Å². The average molecular weight is 194 g/mol. The molecule has 1 aromatic rings. The second kappa shape index (κ2) is 5.54. The van der Waals surface area contributed by atoms with Gasteiger partial charge in [-0.2, -0.15) is 0 Å². The molecule has 0 fully saturated rings. The van der Waals surface area contributed by atoms with E-state index in [2.05, 4.69) is 4.98 Å². The molecule has 58 valence electrons. The summed E-state index contributed by atoms with van der Waals surface area (Å²) in [5.74, 6) is -1.14. The first-order valence-electron chi connectivity index (χ1n) is 2.99. The van der Waals surface area contributed by atoms with E-state index in [9.17, 15) is 9.90 Å². The molecule has 1 rings (SSSR count). The molecule has 0 spiro atoms. The minimum absolute atomic E-state index is 0. The minimum atomic E-state index is -1.14. The van der Waals surface area contributed by atoms with Gasteiger partial charge in [-0.1, -0.05) is 11.6 Å². The summed E-state index contributed by atoms with van der Waals surface area (Å²) in [4.78, 5) is 13.8. The number of carbonyl (C=O) groups excluding carboxylic acids is 1. The molecule has 0 aliphatic rings. The fourth-order valence-corrected chi connectivity index (χ4v) is 0.771. The van der Waals surface area contributed by atoms with Crippen LogP contribution in [0.1, 0.15) is 5.69 Å². The summed E-state index contributed by atoms with van der Waals surface area (Å²) in [5, 5.41) is 10.6. The van der Waals surface area contributed by atoms with Gasteiger partial charge in [0.2, 0.25) is 0 Å². The van der Waals surface area contributed by atoms with Gasteiger partial charge in [-0.05, 0) is 12.1 Å². The summed E-state index contributed by atoms with van der Waals surface area (Å²) < 4.78 is 0. The number of pyridine rings is 1. The van der Waals surface area contributed by atoms with Crippen molar-refractivity contribution in [1.29, 1.82) is 0 Å². The molecule has 0 aliphatic carbocycles. The number of carboxylic acids is 1. The zero-order chi connectivity index (χ0) is 8.27. The van der Waals surface area contributed by atoms with Crippen LogP contribution in [0.25, 0.3) is 0 Å². The quantitative estimate of drug-likeness (QED) is 0.472. The number of halogens is 1. The van der Waals surface area contributed by atoms with Crippen LogP contribution in [0, 0.1) is 0 Å². The number of carboxylic acid groups (broad SMARTS) is 1. The van der Waals surface area contributed by atoms with Crippen molar-refractivity contribution in [1.82, 2.24) is 4.98 Å². The van der Waals surface area contributed by atoms with E-state index in [-0.39, 0.29) is 36.0 Å². The Morgan fingerprint density at radius 3 is 2.67 bits per heavy atom. The van der Waals surface area contributed by atoms with Crippen molar-refractivity contribution in [2.45, 2.75) is 6.42 Å². The van der Waals surface area contributed by atoms with E-state index >= 15 is 0 Å². The Morgan fingerprint density at radius 1 is 1.58 bits per heavy atom. The Hall–Kier alpha value is -0.0900. The molecule has 5 heteroatoms. The Balaban J connectivity index is 0.00000121. The van der Waals surface area contributed by atoms with Crippen LogP contribution in [0.2, 0.25) is 5.02 Å². The summed E-state index contributed by atoms with van der Waals surface area (Å²) in [6.45, 7) is 0. The predicted molar refractivity (Wildman–Crippen MR) is 38.0 cm³/mol. The van der Waals surface area contributed by atoms with Crippen LogP contribution in [-0.4, -0.2) is 11.0 Å². The number of nitrogens with zero attached hydrogens (tertiary/aromatic N) is 1. The number of carbonyl (C=O) groups is 1. The van der Waals surface area contributed by atoms with Gasteiger partial charge in [0.25, 0.3) is 0 Å². The van der Waals surface area contributed by atoms with Crippen LogP contribution < -0.4 is 34.7 Å². The third-order valence-electron chi connectivity index (χ3n) is 1.11. The van der Waals surface area contributed by atoms with E-state index in [1.165, 1.54) is 6.20 Å². The van der Waals surface area contributed by atoms with Gasteiger partial charge in [-0.15, -0.1) is 0 Å². The van der Waals surface area contributed by atoms with Gasteiger partial charge in [-0.3, -0.25) is 4.98 Å². The van der Waals surface area contributed by atoms with Gasteiger partial charge < -0.3 is 9.90 Å². The minimum Gasteiger partial charge on any atom is -0.550 e. The molecule has 0 N–H and O–H groups in total. The van der Waals surface area contributed by atoms with E-state index in [0.717, 1.165) is 0 Å². The van der Waals surface area contributed by atoms with Gasteiger partial charge in [0.05, 0.1) is 5.02 Å². The van der Waals surface area contributed by atoms with Gasteiger partial charge in [0.15, 0.2) is 0 Å². The fourth-order valence-electron chi connectivity index (χ4n) is 0.659. The molecule has 0 saturated carbocycles. The average Bonchev–Trinajstić information content (AvgIpc) is 1.93. The second-order valence-electron chi connectivity index (χ2n) is 2.02. The Morgan fingerprint density at radius 2 is 2.25 bits per heavy atom. The van der Waals surface area contributed by atoms with Crippen molar-refractivity contribution >= 4 is 17.6 Å². The van der Waals surface area contributed by atoms with Crippen LogP contribution in [0.3, 0.4) is 0 Å². The van der Waals surface area contributed by atoms with Crippen molar-refractivity contribution in [2.75, 3.05) is 0 Å². The molecular formula is C7H5ClNNaO2. The van der Waals surface area contributed by atoms with Crippen molar-refractivity contribution in [3.05, 3.63) is 29.0 Å². The molecule has 0 amide bonds. The first kappa shape index (κ1) is 11.9. The van der Waals surface area contributed by atoms with E-state index in [4.69, 9.17) is 11.6 Å². The first-order chi connectivity index (χ1) is 5.18. The maximum atomic E-state index is 10.1. The van der Waals surface area contributed by atoms with Crippen molar-refractivity contribution < 1.29 is 39.5 Å². The van der Waals surface area contributed by atoms with E-state index in [1.807, 2.05) is 0 Å². The van der Waals surface area contributed by atoms with Gasteiger partial charge in [0, 0.05) is 24.3 Å². The molecule has 0 aliphatic heterocycles. The maximum absolute atomic E-state index is 10.1. The predicted octanol–water partition coefficient (Wildman–Crippen LogP) is -2.97. The van der Waals surface area contributed by atoms with Crippen LogP contribution in [-0.2, 0) is 11.2 Å². The maximum Gasteiger partial charge on any atom is 1.00 e. The Kier molecular flexibility index (Phi) is 5.50. The standard InChI is InChI=1S/C7H6ClNO2.Na/c8-5-1-2-6(9-4-5)3-7(10)11;/h1-2,4H,3H2,(H,10,11);/q;+1/p-1. The first-order valence-corrected chi connectivity index (χ1v) is 3.36.